The van der Waals surface area contributed by atoms with Gasteiger partial charge < -0.3 is 4.90 Å². The van der Waals surface area contributed by atoms with Crippen molar-refractivity contribution in [3.8, 4) is 0 Å². The number of aromatic nitrogens is 2. The van der Waals surface area contributed by atoms with Crippen molar-refractivity contribution in [2.75, 3.05) is 17.7 Å². The average Bonchev–Trinajstić information content (AvgIpc) is 2.90. The second-order valence-corrected chi connectivity index (χ2v) is 7.11. The van der Waals surface area contributed by atoms with Crippen molar-refractivity contribution in [2.45, 2.75) is 36.9 Å². The summed E-state index contributed by atoms with van der Waals surface area (Å²) in [6.45, 7) is 0.803. The van der Waals surface area contributed by atoms with Gasteiger partial charge in [0.25, 0.3) is 0 Å². The fourth-order valence-corrected chi connectivity index (χ4v) is 3.31. The molecule has 5 nitrogen and oxygen atoms in total. The molecule has 2 heterocycles. The summed E-state index contributed by atoms with van der Waals surface area (Å²) < 4.78 is 23.2. The molecule has 0 radical (unpaired) electrons. The number of rotatable bonds is 2. The molecule has 0 amide bonds. The number of nitrogens with zero attached hydrogens (tertiary/aromatic N) is 3. The molecule has 1 aromatic rings. The van der Waals surface area contributed by atoms with Crippen LogP contribution in [0.25, 0.3) is 6.08 Å². The van der Waals surface area contributed by atoms with Gasteiger partial charge in [0.1, 0.15) is 5.82 Å². The van der Waals surface area contributed by atoms with Crippen molar-refractivity contribution in [2.24, 2.45) is 0 Å². The van der Waals surface area contributed by atoms with Crippen LogP contribution in [0.1, 0.15) is 31.2 Å². The largest absolute Gasteiger partial charge is 0.349 e. The molecule has 3 rings (SSSR count). The van der Waals surface area contributed by atoms with Gasteiger partial charge in [-0.1, -0.05) is 25.0 Å². The summed E-state index contributed by atoms with van der Waals surface area (Å²) in [6, 6.07) is 0.478. The Hall–Kier alpha value is -1.43. The van der Waals surface area contributed by atoms with Crippen LogP contribution < -0.4 is 4.90 Å². The maximum Gasteiger partial charge on any atom is 0.248 e. The van der Waals surface area contributed by atoms with E-state index in [1.165, 1.54) is 12.8 Å². The monoisotopic (exact) mass is 279 g/mol. The molecule has 0 bridgehead atoms. The summed E-state index contributed by atoms with van der Waals surface area (Å²) >= 11 is 0. The van der Waals surface area contributed by atoms with Crippen molar-refractivity contribution in [3.05, 3.63) is 17.8 Å². The predicted molar refractivity (Wildman–Crippen MR) is 73.8 cm³/mol. The fraction of sp³-hybridized carbons (Fsp3) is 0.538. The molecule has 0 saturated heterocycles. The summed E-state index contributed by atoms with van der Waals surface area (Å²) in [7, 11) is -3.36. The zero-order chi connectivity index (χ0) is 13.5. The first kappa shape index (κ1) is 12.6. The zero-order valence-corrected chi connectivity index (χ0v) is 11.7. The maximum absolute atomic E-state index is 11.6. The molecule has 1 aliphatic carbocycles. The molecule has 2 aliphatic rings. The number of sulfone groups is 1. The van der Waals surface area contributed by atoms with Gasteiger partial charge in [0.05, 0.1) is 0 Å². The molecule has 6 heteroatoms. The van der Waals surface area contributed by atoms with Crippen LogP contribution in [0.15, 0.2) is 17.4 Å². The lowest BCUT2D eigenvalue weighted by Crippen LogP contribution is -2.36. The van der Waals surface area contributed by atoms with Gasteiger partial charge in [-0.2, -0.15) is 0 Å². The smallest absolute Gasteiger partial charge is 0.248 e. The van der Waals surface area contributed by atoms with E-state index in [2.05, 4.69) is 20.9 Å². The summed E-state index contributed by atoms with van der Waals surface area (Å²) in [5, 5.41) is -0.0791. The molecule has 0 atom stereocenters. The summed E-state index contributed by atoms with van der Waals surface area (Å²) in [5.41, 5.74) is 0.908. The molecule has 0 aromatic carbocycles. The Balaban J connectivity index is 2.04. The standard InChI is InChI=1S/C13H17N3O2S/c1-19(17,18)13-14-9-10-5-4-8-16(12(10)15-13)11-6-2-3-7-11/h4-5,9,11H,2-3,6-8H2,1H3. The first-order chi connectivity index (χ1) is 9.05. The third kappa shape index (κ3) is 2.36. The molecule has 0 N–H and O–H groups in total. The normalized spacial score (nSPS) is 19.7. The summed E-state index contributed by atoms with van der Waals surface area (Å²) in [6.07, 6.45) is 11.6. The van der Waals surface area contributed by atoms with E-state index < -0.39 is 9.84 Å². The highest BCUT2D eigenvalue weighted by Crippen LogP contribution is 2.32. The van der Waals surface area contributed by atoms with Crippen LogP contribution in [0, 0.1) is 0 Å². The van der Waals surface area contributed by atoms with Gasteiger partial charge in [-0.15, -0.1) is 0 Å². The van der Waals surface area contributed by atoms with Crippen molar-refractivity contribution in [1.82, 2.24) is 9.97 Å². The Morgan fingerprint density at radius 3 is 2.74 bits per heavy atom. The van der Waals surface area contributed by atoms with Crippen molar-refractivity contribution < 1.29 is 8.42 Å². The first-order valence-corrected chi connectivity index (χ1v) is 8.45. The van der Waals surface area contributed by atoms with Crippen molar-refractivity contribution in [3.63, 3.8) is 0 Å². The highest BCUT2D eigenvalue weighted by atomic mass is 32.2. The van der Waals surface area contributed by atoms with Crippen molar-refractivity contribution in [1.29, 1.82) is 0 Å². The third-order valence-electron chi connectivity index (χ3n) is 3.74. The van der Waals surface area contributed by atoms with Crippen LogP contribution in [0.2, 0.25) is 0 Å². The maximum atomic E-state index is 11.6. The van der Waals surface area contributed by atoms with Gasteiger partial charge in [-0.05, 0) is 12.8 Å². The number of hydrogen-bond donors (Lipinski definition) is 0. The lowest BCUT2D eigenvalue weighted by atomic mass is 10.1. The molecule has 1 saturated carbocycles. The number of fused-ring (bicyclic) bond motifs is 1. The molecule has 0 unspecified atom stereocenters. The third-order valence-corrected chi connectivity index (χ3v) is 4.60. The molecule has 19 heavy (non-hydrogen) atoms. The quantitative estimate of drug-likeness (QED) is 0.770. The van der Waals surface area contributed by atoms with Gasteiger partial charge in [0, 0.05) is 30.6 Å². The van der Waals surface area contributed by atoms with Crippen LogP contribution in [-0.4, -0.2) is 37.2 Å². The Labute approximate surface area is 113 Å². The average molecular weight is 279 g/mol. The molecule has 1 fully saturated rings. The first-order valence-electron chi connectivity index (χ1n) is 6.56. The van der Waals surface area contributed by atoms with Crippen LogP contribution in [0.5, 0.6) is 0 Å². The van der Waals surface area contributed by atoms with E-state index >= 15 is 0 Å². The topological polar surface area (TPSA) is 63.2 Å². The SMILES string of the molecule is CS(=O)(=O)c1ncc2c(n1)N(C1CCCC1)CC=C2. The molecular formula is C13H17N3O2S. The van der Waals surface area contributed by atoms with E-state index in [1.807, 2.05) is 6.08 Å². The van der Waals surface area contributed by atoms with Gasteiger partial charge in [0.15, 0.2) is 0 Å². The highest BCUT2D eigenvalue weighted by molar-refractivity contribution is 7.90. The molecular weight excluding hydrogens is 262 g/mol. The molecule has 0 spiro atoms. The summed E-state index contributed by atoms with van der Waals surface area (Å²) in [5.74, 6) is 0.768. The van der Waals surface area contributed by atoms with E-state index in [1.54, 1.807) is 6.20 Å². The summed E-state index contributed by atoms with van der Waals surface area (Å²) in [4.78, 5) is 10.5. The van der Waals surface area contributed by atoms with Crippen molar-refractivity contribution >= 4 is 21.7 Å². The molecule has 102 valence electrons. The Morgan fingerprint density at radius 2 is 2.05 bits per heavy atom. The van der Waals surface area contributed by atoms with Crippen LogP contribution in [0.4, 0.5) is 5.82 Å². The zero-order valence-electron chi connectivity index (χ0n) is 10.9. The van der Waals surface area contributed by atoms with Crippen LogP contribution in [0.3, 0.4) is 0 Å². The van der Waals surface area contributed by atoms with Crippen LogP contribution >= 0.6 is 0 Å². The van der Waals surface area contributed by atoms with E-state index in [0.29, 0.717) is 6.04 Å². The molecule has 1 aliphatic heterocycles. The Morgan fingerprint density at radius 1 is 1.32 bits per heavy atom. The fourth-order valence-electron chi connectivity index (χ4n) is 2.81. The molecule has 1 aromatic heterocycles. The lowest BCUT2D eigenvalue weighted by molar-refractivity contribution is 0.588. The van der Waals surface area contributed by atoms with Gasteiger partial charge >= 0.3 is 0 Å². The van der Waals surface area contributed by atoms with E-state index in [0.717, 1.165) is 37.0 Å². The minimum Gasteiger partial charge on any atom is -0.349 e. The Bertz CT molecular complexity index is 619. The predicted octanol–water partition coefficient (Wildman–Crippen LogP) is 1.66. The van der Waals surface area contributed by atoms with Gasteiger partial charge in [-0.25, -0.2) is 18.4 Å². The van der Waals surface area contributed by atoms with E-state index in [-0.39, 0.29) is 5.16 Å². The van der Waals surface area contributed by atoms with Crippen LogP contribution in [-0.2, 0) is 9.84 Å². The second-order valence-electron chi connectivity index (χ2n) is 5.20. The van der Waals surface area contributed by atoms with E-state index in [9.17, 15) is 8.42 Å². The minimum atomic E-state index is -3.36. The van der Waals surface area contributed by atoms with E-state index in [4.69, 9.17) is 0 Å². The minimum absolute atomic E-state index is 0.0791. The highest BCUT2D eigenvalue weighted by Gasteiger charge is 2.27. The lowest BCUT2D eigenvalue weighted by Gasteiger charge is -2.32. The van der Waals surface area contributed by atoms with Gasteiger partial charge in [-0.3, -0.25) is 0 Å². The second kappa shape index (κ2) is 4.59. The number of hydrogen-bond acceptors (Lipinski definition) is 5. The number of anilines is 1. The van der Waals surface area contributed by atoms with Gasteiger partial charge in [0.2, 0.25) is 15.0 Å². The Kier molecular flexibility index (Phi) is 3.05.